The van der Waals surface area contributed by atoms with Crippen LogP contribution in [0.15, 0.2) is 48.5 Å². The fraction of sp³-hybridized carbons (Fsp3) is 0.200. The summed E-state index contributed by atoms with van der Waals surface area (Å²) < 4.78 is 12.1. The van der Waals surface area contributed by atoms with Crippen molar-refractivity contribution in [2.45, 2.75) is 13.3 Å². The zero-order valence-corrected chi connectivity index (χ0v) is 16.2. The van der Waals surface area contributed by atoms with Gasteiger partial charge in [-0.15, -0.1) is 0 Å². The van der Waals surface area contributed by atoms with Gasteiger partial charge in [0.25, 0.3) is 5.69 Å². The average molecular weight is 396 g/mol. The normalized spacial score (nSPS) is 10.4. The molecule has 0 bridgehead atoms. The molecule has 150 valence electrons. The number of ether oxygens (including phenoxy) is 2. The van der Waals surface area contributed by atoms with E-state index in [-0.39, 0.29) is 18.0 Å². The number of methoxy groups -OCH3 is 2. The number of benzene rings is 2. The highest BCUT2D eigenvalue weighted by atomic mass is 16.6. The lowest BCUT2D eigenvalue weighted by Gasteiger charge is -2.12. The molecular formula is C20H20N4O5. The van der Waals surface area contributed by atoms with Crippen molar-refractivity contribution in [2.75, 3.05) is 19.5 Å². The van der Waals surface area contributed by atoms with Crippen LogP contribution in [-0.4, -0.2) is 34.8 Å². The molecule has 1 N–H and O–H groups in total. The molecule has 1 heterocycles. The van der Waals surface area contributed by atoms with Gasteiger partial charge in [-0.2, -0.15) is 5.10 Å². The molecule has 29 heavy (non-hydrogen) atoms. The van der Waals surface area contributed by atoms with E-state index >= 15 is 0 Å². The summed E-state index contributed by atoms with van der Waals surface area (Å²) in [6.45, 7) is 1.79. The maximum absolute atomic E-state index is 12.6. The molecule has 0 atom stereocenters. The summed E-state index contributed by atoms with van der Waals surface area (Å²) >= 11 is 0. The van der Waals surface area contributed by atoms with Gasteiger partial charge in [-0.1, -0.05) is 0 Å². The smallest absolute Gasteiger partial charge is 0.269 e. The van der Waals surface area contributed by atoms with E-state index in [0.29, 0.717) is 34.3 Å². The van der Waals surface area contributed by atoms with Gasteiger partial charge in [0.05, 0.1) is 36.9 Å². The summed E-state index contributed by atoms with van der Waals surface area (Å²) in [5, 5.41) is 18.0. The molecular weight excluding hydrogens is 376 g/mol. The quantitative estimate of drug-likeness (QED) is 0.485. The zero-order valence-electron chi connectivity index (χ0n) is 16.2. The largest absolute Gasteiger partial charge is 0.497 e. The molecule has 1 amide bonds. The van der Waals surface area contributed by atoms with E-state index in [1.807, 2.05) is 0 Å². The highest BCUT2D eigenvalue weighted by molar-refractivity contribution is 5.92. The Morgan fingerprint density at radius 1 is 1.14 bits per heavy atom. The highest BCUT2D eigenvalue weighted by Gasteiger charge is 2.15. The molecule has 0 aliphatic heterocycles. The molecule has 0 aliphatic carbocycles. The molecule has 1 aromatic heterocycles. The predicted octanol–water partition coefficient (Wildman–Crippen LogP) is 3.29. The van der Waals surface area contributed by atoms with Crippen LogP contribution in [0.3, 0.4) is 0 Å². The number of anilines is 1. The lowest BCUT2D eigenvalue weighted by Crippen LogP contribution is -2.17. The third-order valence-corrected chi connectivity index (χ3v) is 4.24. The van der Waals surface area contributed by atoms with E-state index in [1.54, 1.807) is 50.4 Å². The van der Waals surface area contributed by atoms with Gasteiger partial charge in [0, 0.05) is 23.8 Å². The molecule has 0 spiro atoms. The third-order valence-electron chi connectivity index (χ3n) is 4.24. The molecule has 3 aromatic rings. The van der Waals surface area contributed by atoms with Gasteiger partial charge < -0.3 is 14.8 Å². The van der Waals surface area contributed by atoms with Crippen molar-refractivity contribution in [3.05, 3.63) is 69.9 Å². The molecule has 0 radical (unpaired) electrons. The Morgan fingerprint density at radius 3 is 2.48 bits per heavy atom. The Hall–Kier alpha value is -3.88. The van der Waals surface area contributed by atoms with Gasteiger partial charge in [0.15, 0.2) is 0 Å². The summed E-state index contributed by atoms with van der Waals surface area (Å²) in [6.07, 6.45) is 0.0743. The summed E-state index contributed by atoms with van der Waals surface area (Å²) in [5.41, 5.74) is 1.95. The van der Waals surface area contributed by atoms with Gasteiger partial charge in [-0.3, -0.25) is 14.9 Å². The van der Waals surface area contributed by atoms with Crippen molar-refractivity contribution in [3.8, 4) is 17.2 Å². The summed E-state index contributed by atoms with van der Waals surface area (Å²) in [4.78, 5) is 23.0. The van der Waals surface area contributed by atoms with Crippen LogP contribution in [-0.2, 0) is 11.2 Å². The molecule has 0 saturated heterocycles. The first-order chi connectivity index (χ1) is 13.9. The molecule has 0 unspecified atom stereocenters. The molecule has 0 saturated carbocycles. The SMILES string of the molecule is COc1ccc(OC)c(CC(=O)Nc2cc(C)nn2-c2ccc([N+](=O)[O-])cc2)c1. The van der Waals surface area contributed by atoms with Crippen molar-refractivity contribution in [1.29, 1.82) is 0 Å². The number of non-ortho nitro benzene ring substituents is 1. The molecule has 9 nitrogen and oxygen atoms in total. The van der Waals surface area contributed by atoms with Crippen LogP contribution < -0.4 is 14.8 Å². The van der Waals surface area contributed by atoms with Crippen LogP contribution in [0, 0.1) is 17.0 Å². The standard InChI is InChI=1S/C20H20N4O5/c1-13-10-19(23(22-13)15-4-6-16(7-5-15)24(26)27)21-20(25)12-14-11-17(28-2)8-9-18(14)29-3/h4-11H,12H2,1-3H3,(H,21,25). The van der Waals surface area contributed by atoms with Crippen molar-refractivity contribution in [1.82, 2.24) is 9.78 Å². The van der Waals surface area contributed by atoms with E-state index < -0.39 is 4.92 Å². The molecule has 9 heteroatoms. The fourth-order valence-corrected chi connectivity index (χ4v) is 2.88. The Balaban J connectivity index is 1.82. The van der Waals surface area contributed by atoms with Gasteiger partial charge in [0.1, 0.15) is 17.3 Å². The minimum Gasteiger partial charge on any atom is -0.497 e. The Morgan fingerprint density at radius 2 is 1.86 bits per heavy atom. The number of hydrogen-bond donors (Lipinski definition) is 1. The van der Waals surface area contributed by atoms with Crippen molar-refractivity contribution >= 4 is 17.4 Å². The van der Waals surface area contributed by atoms with Crippen LogP contribution >= 0.6 is 0 Å². The van der Waals surface area contributed by atoms with E-state index in [0.717, 1.165) is 0 Å². The molecule has 0 fully saturated rings. The number of carbonyl (C=O) groups is 1. The van der Waals surface area contributed by atoms with Gasteiger partial charge in [-0.25, -0.2) is 4.68 Å². The second-order valence-electron chi connectivity index (χ2n) is 6.26. The number of nitro benzene ring substituents is 1. The van der Waals surface area contributed by atoms with Crippen molar-refractivity contribution in [2.24, 2.45) is 0 Å². The lowest BCUT2D eigenvalue weighted by atomic mass is 10.1. The van der Waals surface area contributed by atoms with Gasteiger partial charge >= 0.3 is 0 Å². The third kappa shape index (κ3) is 4.52. The first-order valence-electron chi connectivity index (χ1n) is 8.73. The van der Waals surface area contributed by atoms with Crippen molar-refractivity contribution in [3.63, 3.8) is 0 Å². The summed E-state index contributed by atoms with van der Waals surface area (Å²) in [5.74, 6) is 1.41. The van der Waals surface area contributed by atoms with Crippen LogP contribution in [0.4, 0.5) is 11.5 Å². The van der Waals surface area contributed by atoms with E-state index in [2.05, 4.69) is 10.4 Å². The highest BCUT2D eigenvalue weighted by Crippen LogP contribution is 2.25. The maximum atomic E-state index is 12.6. The number of carbonyl (C=O) groups excluding carboxylic acids is 1. The summed E-state index contributed by atoms with van der Waals surface area (Å²) in [6, 6.07) is 12.9. The first-order valence-corrected chi connectivity index (χ1v) is 8.73. The Bertz CT molecular complexity index is 1040. The second kappa shape index (κ2) is 8.42. The van der Waals surface area contributed by atoms with Crippen LogP contribution in [0.25, 0.3) is 5.69 Å². The van der Waals surface area contributed by atoms with E-state index in [1.165, 1.54) is 23.9 Å². The minimum atomic E-state index is -0.470. The number of aromatic nitrogens is 2. The fourth-order valence-electron chi connectivity index (χ4n) is 2.88. The predicted molar refractivity (Wildman–Crippen MR) is 107 cm³/mol. The van der Waals surface area contributed by atoms with E-state index in [4.69, 9.17) is 9.47 Å². The molecule has 2 aromatic carbocycles. The number of amides is 1. The molecule has 0 aliphatic rings. The zero-order chi connectivity index (χ0) is 21.0. The lowest BCUT2D eigenvalue weighted by molar-refractivity contribution is -0.384. The molecule has 3 rings (SSSR count). The van der Waals surface area contributed by atoms with Crippen LogP contribution in [0.5, 0.6) is 11.5 Å². The van der Waals surface area contributed by atoms with Crippen molar-refractivity contribution < 1.29 is 19.2 Å². The monoisotopic (exact) mass is 396 g/mol. The van der Waals surface area contributed by atoms with E-state index in [9.17, 15) is 14.9 Å². The number of nitrogens with one attached hydrogen (secondary N) is 1. The first kappa shape index (κ1) is 19.9. The second-order valence-corrected chi connectivity index (χ2v) is 6.26. The average Bonchev–Trinajstić information content (AvgIpc) is 3.07. The summed E-state index contributed by atoms with van der Waals surface area (Å²) in [7, 11) is 3.09. The number of nitrogens with zero attached hydrogens (tertiary/aromatic N) is 3. The number of hydrogen-bond acceptors (Lipinski definition) is 6. The Labute approximate surface area is 167 Å². The Kier molecular flexibility index (Phi) is 5.77. The maximum Gasteiger partial charge on any atom is 0.269 e. The van der Waals surface area contributed by atoms with Gasteiger partial charge in [0.2, 0.25) is 5.91 Å². The van der Waals surface area contributed by atoms with Gasteiger partial charge in [-0.05, 0) is 37.3 Å². The number of aryl methyl sites for hydroxylation is 1. The number of nitro groups is 1. The topological polar surface area (TPSA) is 109 Å². The van der Waals surface area contributed by atoms with Crippen LogP contribution in [0.2, 0.25) is 0 Å². The minimum absolute atomic E-state index is 0.0201. The number of rotatable bonds is 7. The van der Waals surface area contributed by atoms with Crippen LogP contribution in [0.1, 0.15) is 11.3 Å².